The fourth-order valence-corrected chi connectivity index (χ4v) is 4.23. The van der Waals surface area contributed by atoms with Gasteiger partial charge in [0.25, 0.3) is 0 Å². The number of likely N-dealkylation sites (tertiary alicyclic amines) is 1. The lowest BCUT2D eigenvalue weighted by Gasteiger charge is -2.36. The van der Waals surface area contributed by atoms with Crippen molar-refractivity contribution in [2.75, 3.05) is 25.5 Å². The van der Waals surface area contributed by atoms with Crippen LogP contribution in [0.5, 0.6) is 0 Å². The number of rotatable bonds is 5. The number of pyridine rings is 1. The molecule has 0 aliphatic carbocycles. The molecular formula is C25H28FN5O. The normalized spacial score (nSPS) is 16.1. The third-order valence-corrected chi connectivity index (χ3v) is 5.92. The second-order valence-corrected chi connectivity index (χ2v) is 8.46. The lowest BCUT2D eigenvalue weighted by Crippen LogP contribution is -2.40. The summed E-state index contributed by atoms with van der Waals surface area (Å²) in [5, 5.41) is 0. The van der Waals surface area contributed by atoms with Gasteiger partial charge in [-0.05, 0) is 61.1 Å². The number of nitrogens with zero attached hydrogens (tertiary/aromatic N) is 5. The van der Waals surface area contributed by atoms with Crippen LogP contribution < -0.4 is 4.90 Å². The van der Waals surface area contributed by atoms with E-state index in [1.165, 1.54) is 12.1 Å². The molecule has 0 radical (unpaired) electrons. The van der Waals surface area contributed by atoms with Gasteiger partial charge in [0.15, 0.2) is 0 Å². The molecule has 1 aromatic carbocycles. The lowest BCUT2D eigenvalue weighted by molar-refractivity contribution is -0.134. The molecule has 1 saturated heterocycles. The first-order valence-corrected chi connectivity index (χ1v) is 10.9. The van der Waals surface area contributed by atoms with Crippen LogP contribution >= 0.6 is 0 Å². The van der Waals surface area contributed by atoms with Crippen LogP contribution in [0.15, 0.2) is 48.9 Å². The summed E-state index contributed by atoms with van der Waals surface area (Å²) in [6.45, 7) is 2.70. The lowest BCUT2D eigenvalue weighted by atomic mass is 9.92. The summed E-state index contributed by atoms with van der Waals surface area (Å²) in [5.74, 6) is 0.349. The maximum atomic E-state index is 13.3. The van der Waals surface area contributed by atoms with Crippen molar-refractivity contribution < 1.29 is 9.18 Å². The van der Waals surface area contributed by atoms with Crippen molar-refractivity contribution in [1.29, 1.82) is 0 Å². The Kier molecular flexibility index (Phi) is 6.44. The second-order valence-electron chi connectivity index (χ2n) is 8.46. The summed E-state index contributed by atoms with van der Waals surface area (Å²) >= 11 is 0. The van der Waals surface area contributed by atoms with Gasteiger partial charge in [0.2, 0.25) is 11.9 Å². The van der Waals surface area contributed by atoms with Crippen molar-refractivity contribution in [3.63, 3.8) is 0 Å². The molecule has 1 aliphatic rings. The van der Waals surface area contributed by atoms with Crippen LogP contribution in [0.4, 0.5) is 10.3 Å². The molecule has 3 heterocycles. The van der Waals surface area contributed by atoms with E-state index in [1.807, 2.05) is 49.3 Å². The molecule has 1 atom stereocenters. The van der Waals surface area contributed by atoms with Gasteiger partial charge in [-0.1, -0.05) is 12.1 Å². The molecule has 0 N–H and O–H groups in total. The van der Waals surface area contributed by atoms with Gasteiger partial charge in [0, 0.05) is 44.8 Å². The molecule has 1 amide bonds. The summed E-state index contributed by atoms with van der Waals surface area (Å²) in [5.41, 5.74) is 4.67. The van der Waals surface area contributed by atoms with Crippen LogP contribution in [-0.2, 0) is 11.2 Å². The third-order valence-electron chi connectivity index (χ3n) is 5.92. The first-order chi connectivity index (χ1) is 15.4. The second kappa shape index (κ2) is 9.42. The Balaban J connectivity index is 1.73. The Morgan fingerprint density at radius 1 is 1.12 bits per heavy atom. The van der Waals surface area contributed by atoms with Crippen LogP contribution in [0.2, 0.25) is 0 Å². The molecule has 4 rings (SSSR count). The van der Waals surface area contributed by atoms with Gasteiger partial charge in [0.05, 0.1) is 18.2 Å². The molecule has 7 heteroatoms. The molecule has 1 fully saturated rings. The minimum absolute atomic E-state index is 0.0312. The molecule has 2 aromatic heterocycles. The van der Waals surface area contributed by atoms with Crippen LogP contribution in [0.3, 0.4) is 0 Å². The number of hydrogen-bond acceptors (Lipinski definition) is 5. The van der Waals surface area contributed by atoms with Gasteiger partial charge in [-0.2, -0.15) is 0 Å². The highest BCUT2D eigenvalue weighted by atomic mass is 19.1. The molecule has 0 saturated carbocycles. The van der Waals surface area contributed by atoms with E-state index in [4.69, 9.17) is 4.98 Å². The maximum Gasteiger partial charge on any atom is 0.227 e. The van der Waals surface area contributed by atoms with Crippen molar-refractivity contribution in [2.45, 2.75) is 38.6 Å². The van der Waals surface area contributed by atoms with E-state index in [1.54, 1.807) is 18.3 Å². The van der Waals surface area contributed by atoms with Crippen molar-refractivity contribution in [3.8, 4) is 11.1 Å². The van der Waals surface area contributed by atoms with Crippen molar-refractivity contribution in [3.05, 3.63) is 71.6 Å². The number of hydrogen-bond donors (Lipinski definition) is 0. The number of piperidine rings is 1. The van der Waals surface area contributed by atoms with E-state index in [0.29, 0.717) is 12.5 Å². The van der Waals surface area contributed by atoms with E-state index < -0.39 is 0 Å². The van der Waals surface area contributed by atoms with Crippen LogP contribution in [0, 0.1) is 12.7 Å². The SMILES string of the molecule is Cc1cnccc1-c1cnc(N(C)C)nc1[C@H]1CCCCN1C(=O)Cc1ccc(F)cc1. The van der Waals surface area contributed by atoms with Crippen LogP contribution in [-0.4, -0.2) is 46.4 Å². The topological polar surface area (TPSA) is 62.2 Å². The Morgan fingerprint density at radius 3 is 2.62 bits per heavy atom. The molecule has 6 nitrogen and oxygen atoms in total. The molecule has 1 aliphatic heterocycles. The van der Waals surface area contributed by atoms with Crippen molar-refractivity contribution in [2.24, 2.45) is 0 Å². The van der Waals surface area contributed by atoms with Crippen molar-refractivity contribution >= 4 is 11.9 Å². The van der Waals surface area contributed by atoms with Gasteiger partial charge in [-0.15, -0.1) is 0 Å². The summed E-state index contributed by atoms with van der Waals surface area (Å²) < 4.78 is 13.3. The fourth-order valence-electron chi connectivity index (χ4n) is 4.23. The Hall–Kier alpha value is -3.35. The van der Waals surface area contributed by atoms with E-state index >= 15 is 0 Å². The summed E-state index contributed by atoms with van der Waals surface area (Å²) in [6.07, 6.45) is 8.53. The quantitative estimate of drug-likeness (QED) is 0.599. The van der Waals surface area contributed by atoms with Gasteiger partial charge in [0.1, 0.15) is 5.82 Å². The molecule has 0 spiro atoms. The number of anilines is 1. The Labute approximate surface area is 188 Å². The number of aromatic nitrogens is 3. The van der Waals surface area contributed by atoms with Crippen LogP contribution in [0.1, 0.15) is 42.1 Å². The zero-order valence-corrected chi connectivity index (χ0v) is 18.8. The zero-order chi connectivity index (χ0) is 22.7. The van der Waals surface area contributed by atoms with E-state index in [-0.39, 0.29) is 24.2 Å². The highest BCUT2D eigenvalue weighted by Gasteiger charge is 2.31. The summed E-state index contributed by atoms with van der Waals surface area (Å²) in [4.78, 5) is 30.8. The van der Waals surface area contributed by atoms with Gasteiger partial charge < -0.3 is 9.80 Å². The van der Waals surface area contributed by atoms with Gasteiger partial charge in [-0.25, -0.2) is 14.4 Å². The highest BCUT2D eigenvalue weighted by Crippen LogP contribution is 2.37. The Bertz CT molecular complexity index is 1100. The molecule has 0 bridgehead atoms. The monoisotopic (exact) mass is 433 g/mol. The largest absolute Gasteiger partial charge is 0.347 e. The number of benzene rings is 1. The predicted octanol–water partition coefficient (Wildman–Crippen LogP) is 4.35. The number of carbonyl (C=O) groups is 1. The third kappa shape index (κ3) is 4.61. The van der Waals surface area contributed by atoms with Crippen LogP contribution in [0.25, 0.3) is 11.1 Å². The Morgan fingerprint density at radius 2 is 1.91 bits per heavy atom. The molecule has 0 unspecified atom stereocenters. The zero-order valence-electron chi connectivity index (χ0n) is 18.8. The number of halogens is 1. The number of amides is 1. The maximum absolute atomic E-state index is 13.3. The fraction of sp³-hybridized carbons (Fsp3) is 0.360. The number of carbonyl (C=O) groups excluding carboxylic acids is 1. The van der Waals surface area contributed by atoms with Crippen molar-refractivity contribution in [1.82, 2.24) is 19.9 Å². The molecule has 166 valence electrons. The highest BCUT2D eigenvalue weighted by molar-refractivity contribution is 5.80. The van der Waals surface area contributed by atoms with Gasteiger partial charge in [-0.3, -0.25) is 9.78 Å². The van der Waals surface area contributed by atoms with E-state index in [9.17, 15) is 9.18 Å². The van der Waals surface area contributed by atoms with E-state index in [0.717, 1.165) is 47.2 Å². The molecular weight excluding hydrogens is 405 g/mol. The first kappa shape index (κ1) is 21.9. The minimum Gasteiger partial charge on any atom is -0.347 e. The standard InChI is InChI=1S/C25H28FN5O/c1-17-15-27-12-11-20(17)21-16-28-25(30(2)3)29-24(21)22-6-4-5-13-31(22)23(32)14-18-7-9-19(26)10-8-18/h7-12,15-16,22H,4-6,13-14H2,1-3H3/t22-/m1/s1. The minimum atomic E-state index is -0.299. The molecule has 3 aromatic rings. The predicted molar refractivity (Wildman–Crippen MR) is 123 cm³/mol. The smallest absolute Gasteiger partial charge is 0.227 e. The number of aryl methyl sites for hydroxylation is 1. The van der Waals surface area contributed by atoms with E-state index in [2.05, 4.69) is 9.97 Å². The average Bonchev–Trinajstić information content (AvgIpc) is 2.80. The first-order valence-electron chi connectivity index (χ1n) is 10.9. The summed E-state index contributed by atoms with van der Waals surface area (Å²) in [6, 6.07) is 7.98. The average molecular weight is 434 g/mol. The van der Waals surface area contributed by atoms with Gasteiger partial charge >= 0.3 is 0 Å². The molecule has 32 heavy (non-hydrogen) atoms. The summed E-state index contributed by atoms with van der Waals surface area (Å²) in [7, 11) is 3.82.